The fraction of sp³-hybridized carbons (Fsp3) is 0. The number of hydrogen-bond acceptors (Lipinski definition) is 1. The zero-order valence-electron chi connectivity index (χ0n) is 7.52. The molecule has 0 fully saturated rings. The average molecular weight is 203 g/mol. The maximum absolute atomic E-state index is 5.88. The molecule has 1 nitrogen and oxygen atoms in total. The van der Waals surface area contributed by atoms with Crippen molar-refractivity contribution >= 4 is 11.6 Å². The van der Waals surface area contributed by atoms with Crippen LogP contribution in [0.3, 0.4) is 0 Å². The molecular weight excluding hydrogens is 194 g/mol. The van der Waals surface area contributed by atoms with Gasteiger partial charge in [-0.05, 0) is 29.3 Å². The molecule has 0 saturated carbocycles. The molecular formula is C12H9ClN. The standard InChI is InChI=1S/C12H9ClN/c13-12-5-1-3-10(8-12)7-11-4-2-6-14-9-11/h1-9H. The van der Waals surface area contributed by atoms with Crippen LogP contribution in [0.5, 0.6) is 0 Å². The van der Waals surface area contributed by atoms with Gasteiger partial charge in [0.2, 0.25) is 0 Å². The topological polar surface area (TPSA) is 12.9 Å². The van der Waals surface area contributed by atoms with Crippen molar-refractivity contribution in [2.24, 2.45) is 0 Å². The van der Waals surface area contributed by atoms with Crippen molar-refractivity contribution in [3.8, 4) is 0 Å². The molecule has 0 atom stereocenters. The van der Waals surface area contributed by atoms with E-state index in [4.69, 9.17) is 11.6 Å². The summed E-state index contributed by atoms with van der Waals surface area (Å²) in [6.45, 7) is 0. The monoisotopic (exact) mass is 202 g/mol. The normalized spacial score (nSPS) is 10.1. The Labute approximate surface area is 88.4 Å². The molecule has 2 rings (SSSR count). The summed E-state index contributed by atoms with van der Waals surface area (Å²) in [4.78, 5) is 4.04. The number of halogens is 1. The van der Waals surface area contributed by atoms with E-state index in [1.54, 1.807) is 6.20 Å². The second kappa shape index (κ2) is 4.25. The lowest BCUT2D eigenvalue weighted by atomic mass is 10.1. The highest BCUT2D eigenvalue weighted by Gasteiger charge is 1.96. The van der Waals surface area contributed by atoms with Crippen molar-refractivity contribution in [2.45, 2.75) is 0 Å². The number of benzene rings is 1. The largest absolute Gasteiger partial charge is 0.264 e. The van der Waals surface area contributed by atoms with Crippen LogP contribution in [0.4, 0.5) is 0 Å². The first-order valence-corrected chi connectivity index (χ1v) is 4.73. The number of nitrogens with zero attached hydrogens (tertiary/aromatic N) is 1. The van der Waals surface area contributed by atoms with E-state index in [9.17, 15) is 0 Å². The summed E-state index contributed by atoms with van der Waals surface area (Å²) >= 11 is 5.88. The minimum Gasteiger partial charge on any atom is -0.264 e. The molecule has 0 aliphatic carbocycles. The zero-order chi connectivity index (χ0) is 9.80. The van der Waals surface area contributed by atoms with E-state index in [1.165, 1.54) is 0 Å². The summed E-state index contributed by atoms with van der Waals surface area (Å²) in [6.07, 6.45) is 5.62. The highest BCUT2D eigenvalue weighted by molar-refractivity contribution is 6.30. The van der Waals surface area contributed by atoms with E-state index in [2.05, 4.69) is 4.98 Å². The second-order valence-corrected chi connectivity index (χ2v) is 3.42. The van der Waals surface area contributed by atoms with Gasteiger partial charge in [-0.15, -0.1) is 0 Å². The van der Waals surface area contributed by atoms with Gasteiger partial charge in [0.15, 0.2) is 0 Å². The molecule has 1 radical (unpaired) electrons. The van der Waals surface area contributed by atoms with E-state index < -0.39 is 0 Å². The number of hydrogen-bond donors (Lipinski definition) is 0. The van der Waals surface area contributed by atoms with Crippen molar-refractivity contribution in [3.05, 3.63) is 71.4 Å². The molecule has 0 N–H and O–H groups in total. The molecule has 0 saturated heterocycles. The molecule has 1 aromatic heterocycles. The van der Waals surface area contributed by atoms with Crippen molar-refractivity contribution in [1.29, 1.82) is 0 Å². The first-order valence-electron chi connectivity index (χ1n) is 4.35. The first-order chi connectivity index (χ1) is 6.84. The third kappa shape index (κ3) is 2.33. The maximum atomic E-state index is 5.88. The quantitative estimate of drug-likeness (QED) is 0.728. The molecule has 2 heteroatoms. The molecule has 0 bridgehead atoms. The molecule has 14 heavy (non-hydrogen) atoms. The summed E-state index contributed by atoms with van der Waals surface area (Å²) in [5.41, 5.74) is 2.17. The SMILES string of the molecule is Clc1cccc([CH]c2cccnc2)c1. The Morgan fingerprint density at radius 1 is 1.07 bits per heavy atom. The van der Waals surface area contributed by atoms with Crippen LogP contribution in [-0.2, 0) is 0 Å². The maximum Gasteiger partial charge on any atom is 0.0408 e. The highest BCUT2D eigenvalue weighted by atomic mass is 35.5. The molecule has 1 heterocycles. The van der Waals surface area contributed by atoms with Crippen molar-refractivity contribution in [2.75, 3.05) is 0 Å². The first kappa shape index (κ1) is 9.22. The van der Waals surface area contributed by atoms with E-state index in [0.717, 1.165) is 16.1 Å². The number of rotatable bonds is 2. The van der Waals surface area contributed by atoms with Crippen LogP contribution in [-0.4, -0.2) is 4.98 Å². The predicted octanol–water partition coefficient (Wildman–Crippen LogP) is 3.34. The zero-order valence-corrected chi connectivity index (χ0v) is 8.28. The summed E-state index contributed by atoms with van der Waals surface area (Å²) in [7, 11) is 0. The average Bonchev–Trinajstić information content (AvgIpc) is 2.19. The third-order valence-electron chi connectivity index (χ3n) is 1.87. The minimum atomic E-state index is 0.752. The molecule has 0 aliphatic rings. The Morgan fingerprint density at radius 3 is 2.64 bits per heavy atom. The van der Waals surface area contributed by atoms with Gasteiger partial charge >= 0.3 is 0 Å². The number of aromatic nitrogens is 1. The van der Waals surface area contributed by atoms with Gasteiger partial charge in [0.1, 0.15) is 0 Å². The Morgan fingerprint density at radius 2 is 1.93 bits per heavy atom. The molecule has 0 unspecified atom stereocenters. The Bertz CT molecular complexity index is 412. The van der Waals surface area contributed by atoms with Crippen LogP contribution in [0.15, 0.2) is 48.8 Å². The second-order valence-electron chi connectivity index (χ2n) is 2.99. The predicted molar refractivity (Wildman–Crippen MR) is 58.2 cm³/mol. The summed E-state index contributed by atoms with van der Waals surface area (Å²) < 4.78 is 0. The van der Waals surface area contributed by atoms with Crippen molar-refractivity contribution in [3.63, 3.8) is 0 Å². The molecule has 69 valence electrons. The van der Waals surface area contributed by atoms with Crippen LogP contribution in [0, 0.1) is 6.42 Å². The van der Waals surface area contributed by atoms with Gasteiger partial charge in [0, 0.05) is 23.8 Å². The van der Waals surface area contributed by atoms with Gasteiger partial charge in [0.05, 0.1) is 0 Å². The molecule has 0 aliphatic heterocycles. The lowest BCUT2D eigenvalue weighted by Gasteiger charge is -2.00. The molecule has 0 amide bonds. The van der Waals surface area contributed by atoms with Gasteiger partial charge in [-0.2, -0.15) is 0 Å². The smallest absolute Gasteiger partial charge is 0.0408 e. The van der Waals surface area contributed by atoms with E-state index >= 15 is 0 Å². The number of pyridine rings is 1. The van der Waals surface area contributed by atoms with Crippen LogP contribution in [0.1, 0.15) is 11.1 Å². The van der Waals surface area contributed by atoms with Crippen LogP contribution < -0.4 is 0 Å². The van der Waals surface area contributed by atoms with Gasteiger partial charge in [0.25, 0.3) is 0 Å². The van der Waals surface area contributed by atoms with Crippen LogP contribution >= 0.6 is 11.6 Å². The van der Waals surface area contributed by atoms with Crippen LogP contribution in [0.25, 0.3) is 0 Å². The van der Waals surface area contributed by atoms with E-state index in [-0.39, 0.29) is 0 Å². The minimum absolute atomic E-state index is 0.752. The summed E-state index contributed by atoms with van der Waals surface area (Å²) in [5, 5.41) is 0.752. The Hall–Kier alpha value is -1.34. The molecule has 2 aromatic rings. The fourth-order valence-electron chi connectivity index (χ4n) is 1.25. The Kier molecular flexibility index (Phi) is 2.80. The van der Waals surface area contributed by atoms with E-state index in [1.807, 2.05) is 49.0 Å². The van der Waals surface area contributed by atoms with Gasteiger partial charge in [-0.1, -0.05) is 29.8 Å². The van der Waals surface area contributed by atoms with Gasteiger partial charge in [-0.3, -0.25) is 4.98 Å². The van der Waals surface area contributed by atoms with Crippen molar-refractivity contribution in [1.82, 2.24) is 4.98 Å². The Balaban J connectivity index is 2.19. The van der Waals surface area contributed by atoms with Gasteiger partial charge < -0.3 is 0 Å². The van der Waals surface area contributed by atoms with Crippen molar-refractivity contribution < 1.29 is 0 Å². The van der Waals surface area contributed by atoms with Crippen LogP contribution in [0.2, 0.25) is 5.02 Å². The summed E-state index contributed by atoms with van der Waals surface area (Å²) in [6, 6.07) is 11.7. The molecule has 1 aromatic carbocycles. The highest BCUT2D eigenvalue weighted by Crippen LogP contribution is 2.15. The van der Waals surface area contributed by atoms with Gasteiger partial charge in [-0.25, -0.2) is 0 Å². The van der Waals surface area contributed by atoms with E-state index in [0.29, 0.717) is 0 Å². The molecule has 0 spiro atoms. The summed E-state index contributed by atoms with van der Waals surface area (Å²) in [5.74, 6) is 0. The lowest BCUT2D eigenvalue weighted by Crippen LogP contribution is -1.85. The lowest BCUT2D eigenvalue weighted by molar-refractivity contribution is 1.28. The fourth-order valence-corrected chi connectivity index (χ4v) is 1.45. The third-order valence-corrected chi connectivity index (χ3v) is 2.10.